The van der Waals surface area contributed by atoms with Crippen molar-refractivity contribution in [2.75, 3.05) is 11.9 Å². The van der Waals surface area contributed by atoms with E-state index in [9.17, 15) is 14.4 Å². The summed E-state index contributed by atoms with van der Waals surface area (Å²) in [5.41, 5.74) is 0.957. The molecule has 0 aliphatic rings. The van der Waals surface area contributed by atoms with Gasteiger partial charge < -0.3 is 10.1 Å². The number of thiophene rings is 1. The van der Waals surface area contributed by atoms with Gasteiger partial charge in [-0.3, -0.25) is 9.59 Å². The molecule has 0 fully saturated rings. The molecular formula is C19H21NO4S. The summed E-state index contributed by atoms with van der Waals surface area (Å²) < 4.78 is 5.03. The summed E-state index contributed by atoms with van der Waals surface area (Å²) in [5, 5.41) is 3.22. The Morgan fingerprint density at radius 2 is 1.80 bits per heavy atom. The van der Waals surface area contributed by atoms with E-state index in [-0.39, 0.29) is 31.1 Å². The topological polar surface area (TPSA) is 72.5 Å². The largest absolute Gasteiger partial charge is 0.462 e. The highest BCUT2D eigenvalue weighted by Crippen LogP contribution is 2.29. The second kappa shape index (κ2) is 9.13. The Balaban J connectivity index is 1.99. The fourth-order valence-corrected chi connectivity index (χ4v) is 3.25. The van der Waals surface area contributed by atoms with Crippen molar-refractivity contribution < 1.29 is 19.1 Å². The highest BCUT2D eigenvalue weighted by Gasteiger charge is 2.19. The Labute approximate surface area is 151 Å². The van der Waals surface area contributed by atoms with Crippen LogP contribution in [0.3, 0.4) is 0 Å². The smallest absolute Gasteiger partial charge is 0.341 e. The van der Waals surface area contributed by atoms with Crippen molar-refractivity contribution in [3.05, 3.63) is 52.4 Å². The van der Waals surface area contributed by atoms with E-state index in [0.717, 1.165) is 11.3 Å². The zero-order valence-corrected chi connectivity index (χ0v) is 15.2. The van der Waals surface area contributed by atoms with E-state index in [4.69, 9.17) is 4.74 Å². The maximum atomic E-state index is 12.2. The molecule has 0 saturated heterocycles. The summed E-state index contributed by atoms with van der Waals surface area (Å²) in [5.74, 6) is -0.824. The van der Waals surface area contributed by atoms with Gasteiger partial charge in [0.15, 0.2) is 5.78 Å². The number of anilines is 1. The number of hydrogen-bond acceptors (Lipinski definition) is 5. The number of carbonyl (C=O) groups is 3. The van der Waals surface area contributed by atoms with Crippen LogP contribution in [0.2, 0.25) is 0 Å². The van der Waals surface area contributed by atoms with Crippen molar-refractivity contribution in [1.29, 1.82) is 0 Å². The van der Waals surface area contributed by atoms with Crippen molar-refractivity contribution in [3.63, 3.8) is 0 Å². The minimum absolute atomic E-state index is 0.0648. The molecule has 6 heteroatoms. The summed E-state index contributed by atoms with van der Waals surface area (Å²) in [6, 6.07) is 10.6. The highest BCUT2D eigenvalue weighted by atomic mass is 32.1. The van der Waals surface area contributed by atoms with Crippen LogP contribution in [0.15, 0.2) is 36.4 Å². The molecular weight excluding hydrogens is 338 g/mol. The third-order valence-electron chi connectivity index (χ3n) is 3.55. The summed E-state index contributed by atoms with van der Waals surface area (Å²) >= 11 is 1.35. The molecule has 1 amide bonds. The molecule has 0 unspecified atom stereocenters. The van der Waals surface area contributed by atoms with Crippen LogP contribution in [0.5, 0.6) is 0 Å². The average Bonchev–Trinajstić information content (AvgIpc) is 3.03. The van der Waals surface area contributed by atoms with Gasteiger partial charge in [-0.1, -0.05) is 37.3 Å². The highest BCUT2D eigenvalue weighted by molar-refractivity contribution is 7.16. The first-order chi connectivity index (χ1) is 12.0. The van der Waals surface area contributed by atoms with Crippen molar-refractivity contribution in [2.24, 2.45) is 0 Å². The van der Waals surface area contributed by atoms with E-state index in [1.54, 1.807) is 37.3 Å². The Morgan fingerprint density at radius 3 is 2.44 bits per heavy atom. The second-order valence-electron chi connectivity index (χ2n) is 5.37. The molecule has 25 heavy (non-hydrogen) atoms. The van der Waals surface area contributed by atoms with Gasteiger partial charge in [0.2, 0.25) is 5.91 Å². The van der Waals surface area contributed by atoms with Crippen LogP contribution in [0.4, 0.5) is 5.00 Å². The molecule has 1 heterocycles. The molecule has 1 aromatic heterocycles. The maximum Gasteiger partial charge on any atom is 0.341 e. The molecule has 0 saturated carbocycles. The Hall–Kier alpha value is -2.47. The summed E-state index contributed by atoms with van der Waals surface area (Å²) in [7, 11) is 0. The summed E-state index contributed by atoms with van der Waals surface area (Å²) in [6.45, 7) is 3.98. The molecule has 0 radical (unpaired) electrons. The summed E-state index contributed by atoms with van der Waals surface area (Å²) in [4.78, 5) is 37.2. The molecule has 0 spiro atoms. The first-order valence-corrected chi connectivity index (χ1v) is 9.04. The number of hydrogen-bond donors (Lipinski definition) is 1. The standard InChI is InChI=1S/C19H21NO4S/c1-3-14-12-15(19(23)24-4-2)18(25-14)20-17(22)11-10-16(21)13-8-6-5-7-9-13/h5-9,12H,3-4,10-11H2,1-2H3,(H,20,22). The molecule has 132 valence electrons. The van der Waals surface area contributed by atoms with Gasteiger partial charge in [-0.15, -0.1) is 11.3 Å². The van der Waals surface area contributed by atoms with E-state index in [1.165, 1.54) is 11.3 Å². The second-order valence-corrected chi connectivity index (χ2v) is 6.50. The average molecular weight is 359 g/mol. The van der Waals surface area contributed by atoms with Gasteiger partial charge in [0.05, 0.1) is 12.2 Å². The Kier molecular flexibility index (Phi) is 6.89. The SMILES string of the molecule is CCOC(=O)c1cc(CC)sc1NC(=O)CCC(=O)c1ccccc1. The third kappa shape index (κ3) is 5.26. The Morgan fingerprint density at radius 1 is 1.08 bits per heavy atom. The van der Waals surface area contributed by atoms with Gasteiger partial charge in [-0.05, 0) is 19.4 Å². The number of aryl methyl sites for hydroxylation is 1. The van der Waals surface area contributed by atoms with Crippen LogP contribution >= 0.6 is 11.3 Å². The molecule has 2 aromatic rings. The van der Waals surface area contributed by atoms with Crippen LogP contribution in [0.1, 0.15) is 52.3 Å². The van der Waals surface area contributed by atoms with Gasteiger partial charge in [-0.25, -0.2) is 4.79 Å². The number of ether oxygens (including phenoxy) is 1. The number of carbonyl (C=O) groups excluding carboxylic acids is 3. The van der Waals surface area contributed by atoms with Crippen LogP contribution < -0.4 is 5.32 Å². The first-order valence-electron chi connectivity index (χ1n) is 8.23. The molecule has 0 atom stereocenters. The lowest BCUT2D eigenvalue weighted by molar-refractivity contribution is -0.116. The molecule has 0 bridgehead atoms. The molecule has 0 aliphatic carbocycles. The molecule has 5 nitrogen and oxygen atoms in total. The van der Waals surface area contributed by atoms with Crippen molar-refractivity contribution in [3.8, 4) is 0 Å². The zero-order valence-electron chi connectivity index (χ0n) is 14.3. The quantitative estimate of drug-likeness (QED) is 0.569. The van der Waals surface area contributed by atoms with Crippen LogP contribution in [-0.4, -0.2) is 24.3 Å². The lowest BCUT2D eigenvalue weighted by atomic mass is 10.1. The Bertz CT molecular complexity index is 752. The number of Topliss-reactive ketones (excluding diaryl/α,β-unsaturated/α-hetero) is 1. The number of benzene rings is 1. The van der Waals surface area contributed by atoms with Crippen molar-refractivity contribution >= 4 is 34.0 Å². The molecule has 1 aromatic carbocycles. The van der Waals surface area contributed by atoms with Crippen molar-refractivity contribution in [2.45, 2.75) is 33.1 Å². The van der Waals surface area contributed by atoms with E-state index in [1.807, 2.05) is 13.0 Å². The zero-order chi connectivity index (χ0) is 18.2. The minimum atomic E-state index is -0.450. The van der Waals surface area contributed by atoms with Crippen LogP contribution in [-0.2, 0) is 16.0 Å². The van der Waals surface area contributed by atoms with E-state index >= 15 is 0 Å². The van der Waals surface area contributed by atoms with Gasteiger partial charge in [0, 0.05) is 23.3 Å². The van der Waals surface area contributed by atoms with Gasteiger partial charge in [0.25, 0.3) is 0 Å². The maximum absolute atomic E-state index is 12.2. The molecule has 0 aliphatic heterocycles. The van der Waals surface area contributed by atoms with E-state index < -0.39 is 5.97 Å². The predicted octanol–water partition coefficient (Wildman–Crippen LogP) is 4.09. The summed E-state index contributed by atoms with van der Waals surface area (Å²) in [6.07, 6.45) is 0.950. The van der Waals surface area contributed by atoms with E-state index in [2.05, 4.69) is 5.32 Å². The fourth-order valence-electron chi connectivity index (χ4n) is 2.25. The number of rotatable bonds is 8. The number of nitrogens with one attached hydrogen (secondary N) is 1. The van der Waals surface area contributed by atoms with E-state index in [0.29, 0.717) is 16.1 Å². The van der Waals surface area contributed by atoms with Gasteiger partial charge in [-0.2, -0.15) is 0 Å². The minimum Gasteiger partial charge on any atom is -0.462 e. The molecule has 2 rings (SSSR count). The predicted molar refractivity (Wildman–Crippen MR) is 98.3 cm³/mol. The lowest BCUT2D eigenvalue weighted by Gasteiger charge is -2.06. The van der Waals surface area contributed by atoms with Crippen LogP contribution in [0, 0.1) is 0 Å². The van der Waals surface area contributed by atoms with Crippen molar-refractivity contribution in [1.82, 2.24) is 0 Å². The van der Waals surface area contributed by atoms with Crippen LogP contribution in [0.25, 0.3) is 0 Å². The number of ketones is 1. The normalized spacial score (nSPS) is 10.3. The number of esters is 1. The monoisotopic (exact) mass is 359 g/mol. The molecule has 1 N–H and O–H groups in total. The third-order valence-corrected chi connectivity index (χ3v) is 4.75. The first kappa shape index (κ1) is 18.9. The fraction of sp³-hybridized carbons (Fsp3) is 0.316. The van der Waals surface area contributed by atoms with Gasteiger partial charge >= 0.3 is 5.97 Å². The lowest BCUT2D eigenvalue weighted by Crippen LogP contribution is -2.15. The number of amides is 1. The van der Waals surface area contributed by atoms with Gasteiger partial charge in [0.1, 0.15) is 5.00 Å².